The standard InChI is InChI=1S/C17H19F3N2O6S2/c1-12(11-27-2)21-29(23,24)15-7-3-13(4-8-15)22-30(25,26)16-9-5-14(6-10-16)28-17(18,19)20/h3-10,12,21-22H,11H2,1-2H3/t12-/m1/s1. The van der Waals surface area contributed by atoms with E-state index in [1.165, 1.54) is 31.4 Å². The molecule has 2 aromatic carbocycles. The molecule has 0 aliphatic carbocycles. The molecular weight excluding hydrogens is 449 g/mol. The van der Waals surface area contributed by atoms with Gasteiger partial charge in [0.1, 0.15) is 5.75 Å². The molecule has 0 fully saturated rings. The maximum Gasteiger partial charge on any atom is 0.573 e. The summed E-state index contributed by atoms with van der Waals surface area (Å²) in [6.07, 6.45) is -4.89. The first-order chi connectivity index (χ1) is 13.8. The molecule has 8 nitrogen and oxygen atoms in total. The van der Waals surface area contributed by atoms with E-state index in [9.17, 15) is 30.0 Å². The van der Waals surface area contributed by atoms with Crippen molar-refractivity contribution in [3.63, 3.8) is 0 Å². The summed E-state index contributed by atoms with van der Waals surface area (Å²) in [4.78, 5) is -0.383. The van der Waals surface area contributed by atoms with Crippen LogP contribution in [0.4, 0.5) is 18.9 Å². The minimum absolute atomic E-state index is 0.0644. The summed E-state index contributed by atoms with van der Waals surface area (Å²) in [7, 11) is -6.51. The minimum Gasteiger partial charge on any atom is -0.406 e. The molecule has 0 aliphatic rings. The zero-order valence-corrected chi connectivity index (χ0v) is 17.4. The van der Waals surface area contributed by atoms with E-state index in [1.807, 2.05) is 0 Å². The molecule has 2 N–H and O–H groups in total. The van der Waals surface area contributed by atoms with Crippen molar-refractivity contribution < 1.29 is 39.5 Å². The normalized spacial score (nSPS) is 13.6. The summed E-state index contributed by atoms with van der Waals surface area (Å²) < 4.78 is 99.0. The lowest BCUT2D eigenvalue weighted by molar-refractivity contribution is -0.274. The van der Waals surface area contributed by atoms with E-state index >= 15 is 0 Å². The van der Waals surface area contributed by atoms with Gasteiger partial charge in [-0.2, -0.15) is 0 Å². The number of ether oxygens (including phenoxy) is 2. The monoisotopic (exact) mass is 468 g/mol. The number of hydrogen-bond donors (Lipinski definition) is 2. The Morgan fingerprint density at radius 3 is 1.90 bits per heavy atom. The van der Waals surface area contributed by atoms with Crippen molar-refractivity contribution in [1.82, 2.24) is 4.72 Å². The van der Waals surface area contributed by atoms with Crippen molar-refractivity contribution in [3.05, 3.63) is 48.5 Å². The zero-order valence-electron chi connectivity index (χ0n) is 15.8. The molecule has 166 valence electrons. The van der Waals surface area contributed by atoms with Gasteiger partial charge in [-0.1, -0.05) is 0 Å². The van der Waals surface area contributed by atoms with Gasteiger partial charge in [0.2, 0.25) is 10.0 Å². The van der Waals surface area contributed by atoms with Crippen molar-refractivity contribution >= 4 is 25.7 Å². The number of anilines is 1. The number of methoxy groups -OCH3 is 1. The van der Waals surface area contributed by atoms with Crippen molar-refractivity contribution in [3.8, 4) is 5.75 Å². The number of sulfonamides is 2. The van der Waals surface area contributed by atoms with Crippen LogP contribution in [-0.4, -0.2) is 43.0 Å². The fourth-order valence-corrected chi connectivity index (χ4v) is 4.64. The predicted molar refractivity (Wildman–Crippen MR) is 102 cm³/mol. The Morgan fingerprint density at radius 2 is 1.40 bits per heavy atom. The highest BCUT2D eigenvalue weighted by molar-refractivity contribution is 7.92. The van der Waals surface area contributed by atoms with Crippen LogP contribution in [0.2, 0.25) is 0 Å². The molecule has 0 bridgehead atoms. The summed E-state index contributed by atoms with van der Waals surface area (Å²) in [6.45, 7) is 1.79. The largest absolute Gasteiger partial charge is 0.573 e. The SMILES string of the molecule is COC[C@@H](C)NS(=O)(=O)c1ccc(NS(=O)(=O)c2ccc(OC(F)(F)F)cc2)cc1. The van der Waals surface area contributed by atoms with E-state index < -0.39 is 38.2 Å². The average molecular weight is 468 g/mol. The maximum atomic E-state index is 12.4. The lowest BCUT2D eigenvalue weighted by atomic mass is 10.3. The zero-order chi connectivity index (χ0) is 22.6. The first-order valence-electron chi connectivity index (χ1n) is 8.32. The Balaban J connectivity index is 2.12. The van der Waals surface area contributed by atoms with Gasteiger partial charge in [0, 0.05) is 18.8 Å². The number of alkyl halides is 3. The molecule has 0 radical (unpaired) electrons. The van der Waals surface area contributed by atoms with Gasteiger partial charge < -0.3 is 9.47 Å². The van der Waals surface area contributed by atoms with E-state index in [1.54, 1.807) is 6.92 Å². The van der Waals surface area contributed by atoms with E-state index in [0.717, 1.165) is 24.3 Å². The molecule has 0 saturated carbocycles. The number of hydrogen-bond acceptors (Lipinski definition) is 6. The van der Waals surface area contributed by atoms with Crippen LogP contribution in [0.25, 0.3) is 0 Å². The highest BCUT2D eigenvalue weighted by Gasteiger charge is 2.31. The smallest absolute Gasteiger partial charge is 0.406 e. The Labute approximate surface area is 172 Å². The van der Waals surface area contributed by atoms with Crippen molar-refractivity contribution in [2.75, 3.05) is 18.4 Å². The van der Waals surface area contributed by atoms with Crippen molar-refractivity contribution in [2.24, 2.45) is 0 Å². The fourth-order valence-electron chi connectivity index (χ4n) is 2.35. The summed E-state index contributed by atoms with van der Waals surface area (Å²) >= 11 is 0. The molecule has 0 unspecified atom stereocenters. The van der Waals surface area contributed by atoms with Gasteiger partial charge >= 0.3 is 6.36 Å². The second-order valence-corrected chi connectivity index (χ2v) is 9.52. The molecule has 1 atom stereocenters. The molecular formula is C17H19F3N2O6S2. The van der Waals surface area contributed by atoms with Crippen molar-refractivity contribution in [1.29, 1.82) is 0 Å². The second kappa shape index (κ2) is 9.20. The van der Waals surface area contributed by atoms with E-state index in [0.29, 0.717) is 0 Å². The van der Waals surface area contributed by atoms with Gasteiger partial charge in [-0.3, -0.25) is 4.72 Å². The summed E-state index contributed by atoms with van der Waals surface area (Å²) in [5.41, 5.74) is 0.0644. The van der Waals surface area contributed by atoms with E-state index in [-0.39, 0.29) is 22.1 Å². The van der Waals surface area contributed by atoms with Gasteiger partial charge in [0.05, 0.1) is 16.4 Å². The van der Waals surface area contributed by atoms with Gasteiger partial charge in [0.25, 0.3) is 10.0 Å². The third-order valence-electron chi connectivity index (χ3n) is 3.56. The molecule has 2 aromatic rings. The molecule has 0 saturated heterocycles. The van der Waals surface area contributed by atoms with Crippen LogP contribution in [0, 0.1) is 0 Å². The van der Waals surface area contributed by atoms with Crippen LogP contribution in [0.3, 0.4) is 0 Å². The molecule has 0 aromatic heterocycles. The van der Waals surface area contributed by atoms with Crippen LogP contribution in [0.15, 0.2) is 58.3 Å². The Bertz CT molecular complexity index is 1050. The predicted octanol–water partition coefficient (Wildman–Crippen LogP) is 2.70. The van der Waals surface area contributed by atoms with E-state index in [2.05, 4.69) is 14.2 Å². The molecule has 13 heteroatoms. The highest BCUT2D eigenvalue weighted by atomic mass is 32.2. The summed E-state index contributed by atoms with van der Waals surface area (Å²) in [6, 6.07) is 8.06. The second-order valence-electron chi connectivity index (χ2n) is 6.13. The maximum absolute atomic E-state index is 12.4. The van der Waals surface area contributed by atoms with Crippen LogP contribution >= 0.6 is 0 Å². The number of benzene rings is 2. The van der Waals surface area contributed by atoms with Crippen LogP contribution in [-0.2, 0) is 24.8 Å². The third-order valence-corrected chi connectivity index (χ3v) is 6.56. The summed E-state index contributed by atoms with van der Waals surface area (Å²) in [5.74, 6) is -0.564. The Kier molecular flexibility index (Phi) is 7.34. The number of nitrogens with one attached hydrogen (secondary N) is 2. The van der Waals surface area contributed by atoms with Gasteiger partial charge in [-0.05, 0) is 55.5 Å². The van der Waals surface area contributed by atoms with Crippen molar-refractivity contribution in [2.45, 2.75) is 29.1 Å². The topological polar surface area (TPSA) is 111 Å². The van der Waals surface area contributed by atoms with Crippen LogP contribution in [0.5, 0.6) is 5.75 Å². The molecule has 0 heterocycles. The molecule has 30 heavy (non-hydrogen) atoms. The average Bonchev–Trinajstić information content (AvgIpc) is 2.60. The number of halogens is 3. The van der Waals surface area contributed by atoms with Gasteiger partial charge in [0.15, 0.2) is 0 Å². The lowest BCUT2D eigenvalue weighted by Crippen LogP contribution is -2.35. The van der Waals surface area contributed by atoms with Crippen LogP contribution < -0.4 is 14.2 Å². The Hall–Kier alpha value is -2.35. The highest BCUT2D eigenvalue weighted by Crippen LogP contribution is 2.25. The summed E-state index contributed by atoms with van der Waals surface area (Å²) in [5, 5.41) is 0. The van der Waals surface area contributed by atoms with E-state index in [4.69, 9.17) is 4.74 Å². The molecule has 0 aliphatic heterocycles. The Morgan fingerprint density at radius 1 is 0.900 bits per heavy atom. The quantitative estimate of drug-likeness (QED) is 0.586. The first-order valence-corrected chi connectivity index (χ1v) is 11.3. The van der Waals surface area contributed by atoms with Gasteiger partial charge in [-0.15, -0.1) is 13.2 Å². The minimum atomic E-state index is -4.89. The fraction of sp³-hybridized carbons (Fsp3) is 0.294. The molecule has 0 amide bonds. The first kappa shape index (κ1) is 23.9. The van der Waals surface area contributed by atoms with Gasteiger partial charge in [-0.25, -0.2) is 21.6 Å². The third kappa shape index (κ3) is 6.86. The van der Waals surface area contributed by atoms with Crippen LogP contribution in [0.1, 0.15) is 6.92 Å². The molecule has 2 rings (SSSR count). The number of rotatable bonds is 9. The molecule has 0 spiro atoms. The lowest BCUT2D eigenvalue weighted by Gasteiger charge is -2.14.